The number of rotatable bonds is 4. The Bertz CT molecular complexity index is 772. The van der Waals surface area contributed by atoms with Crippen LogP contribution in [0.25, 0.3) is 0 Å². The number of amides is 1. The predicted octanol–water partition coefficient (Wildman–Crippen LogP) is 3.85. The van der Waals surface area contributed by atoms with E-state index in [1.54, 1.807) is 6.92 Å². The lowest BCUT2D eigenvalue weighted by atomic mass is 10.1. The SMILES string of the molecule is C[C@@H](C(=O)Nc1cccc(C(F)(F)F)c1)N1CCN(c2ccccc2)CC1. The Kier molecular flexibility index (Phi) is 5.70. The van der Waals surface area contributed by atoms with Crippen LogP contribution in [0.1, 0.15) is 12.5 Å². The highest BCUT2D eigenvalue weighted by atomic mass is 19.4. The Morgan fingerprint density at radius 2 is 1.67 bits per heavy atom. The minimum atomic E-state index is -4.43. The molecule has 0 saturated carbocycles. The maximum absolute atomic E-state index is 12.8. The molecule has 1 amide bonds. The molecule has 1 aliphatic heterocycles. The van der Waals surface area contributed by atoms with E-state index in [1.807, 2.05) is 23.1 Å². The van der Waals surface area contributed by atoms with Gasteiger partial charge in [0.25, 0.3) is 0 Å². The van der Waals surface area contributed by atoms with Crippen LogP contribution in [0.4, 0.5) is 24.5 Å². The molecule has 0 aliphatic carbocycles. The smallest absolute Gasteiger partial charge is 0.369 e. The van der Waals surface area contributed by atoms with E-state index in [9.17, 15) is 18.0 Å². The summed E-state index contributed by atoms with van der Waals surface area (Å²) in [6.45, 7) is 4.80. The van der Waals surface area contributed by atoms with Gasteiger partial charge in [-0.2, -0.15) is 13.2 Å². The number of piperazine rings is 1. The number of para-hydroxylation sites is 1. The van der Waals surface area contributed by atoms with E-state index in [0.29, 0.717) is 13.1 Å². The Balaban J connectivity index is 1.57. The number of nitrogens with zero attached hydrogens (tertiary/aromatic N) is 2. The molecule has 0 aromatic heterocycles. The number of hydrogen-bond donors (Lipinski definition) is 1. The summed E-state index contributed by atoms with van der Waals surface area (Å²) in [5, 5.41) is 2.60. The average Bonchev–Trinajstić information content (AvgIpc) is 2.68. The Hall–Kier alpha value is -2.54. The van der Waals surface area contributed by atoms with Crippen molar-refractivity contribution in [1.82, 2.24) is 4.90 Å². The molecule has 1 atom stereocenters. The topological polar surface area (TPSA) is 35.6 Å². The maximum atomic E-state index is 12.8. The summed E-state index contributed by atoms with van der Waals surface area (Å²) in [7, 11) is 0. The van der Waals surface area contributed by atoms with E-state index in [0.717, 1.165) is 30.9 Å². The second kappa shape index (κ2) is 8.00. The second-order valence-electron chi connectivity index (χ2n) is 6.60. The summed E-state index contributed by atoms with van der Waals surface area (Å²) >= 11 is 0. The Morgan fingerprint density at radius 1 is 1.00 bits per heavy atom. The summed E-state index contributed by atoms with van der Waals surface area (Å²) in [6.07, 6.45) is -4.43. The van der Waals surface area contributed by atoms with Gasteiger partial charge in [0.05, 0.1) is 11.6 Å². The summed E-state index contributed by atoms with van der Waals surface area (Å²) in [6, 6.07) is 14.4. The lowest BCUT2D eigenvalue weighted by molar-refractivity contribution is -0.137. The van der Waals surface area contributed by atoms with Gasteiger partial charge in [0.15, 0.2) is 0 Å². The number of carbonyl (C=O) groups is 1. The molecule has 2 aromatic rings. The van der Waals surface area contributed by atoms with E-state index in [-0.39, 0.29) is 11.6 Å². The number of hydrogen-bond acceptors (Lipinski definition) is 3. The van der Waals surface area contributed by atoms with Gasteiger partial charge in [-0.25, -0.2) is 0 Å². The van der Waals surface area contributed by atoms with Crippen LogP contribution in [0.3, 0.4) is 0 Å². The fourth-order valence-electron chi connectivity index (χ4n) is 3.19. The van der Waals surface area contributed by atoms with Crippen molar-refractivity contribution in [2.45, 2.75) is 19.1 Å². The summed E-state index contributed by atoms with van der Waals surface area (Å²) in [4.78, 5) is 16.8. The minimum Gasteiger partial charge on any atom is -0.369 e. The van der Waals surface area contributed by atoms with Gasteiger partial charge in [-0.1, -0.05) is 24.3 Å². The van der Waals surface area contributed by atoms with Crippen molar-refractivity contribution < 1.29 is 18.0 Å². The van der Waals surface area contributed by atoms with Gasteiger partial charge < -0.3 is 10.2 Å². The number of nitrogens with one attached hydrogen (secondary N) is 1. The van der Waals surface area contributed by atoms with Crippen molar-refractivity contribution in [2.24, 2.45) is 0 Å². The van der Waals surface area contributed by atoms with E-state index in [4.69, 9.17) is 0 Å². The van der Waals surface area contributed by atoms with E-state index in [2.05, 4.69) is 22.3 Å². The molecule has 1 aliphatic rings. The van der Waals surface area contributed by atoms with Gasteiger partial charge >= 0.3 is 6.18 Å². The van der Waals surface area contributed by atoms with Crippen molar-refractivity contribution >= 4 is 17.3 Å². The zero-order chi connectivity index (χ0) is 19.4. The monoisotopic (exact) mass is 377 g/mol. The van der Waals surface area contributed by atoms with Crippen LogP contribution in [0.5, 0.6) is 0 Å². The van der Waals surface area contributed by atoms with Crippen LogP contribution in [-0.2, 0) is 11.0 Å². The molecule has 1 heterocycles. The molecule has 1 saturated heterocycles. The fraction of sp³-hybridized carbons (Fsp3) is 0.350. The van der Waals surface area contributed by atoms with Crippen molar-refractivity contribution in [3.05, 3.63) is 60.2 Å². The minimum absolute atomic E-state index is 0.157. The molecule has 0 unspecified atom stereocenters. The molecular formula is C20H22F3N3O. The van der Waals surface area contributed by atoms with Crippen LogP contribution in [-0.4, -0.2) is 43.0 Å². The van der Waals surface area contributed by atoms with Crippen LogP contribution in [0, 0.1) is 0 Å². The highest BCUT2D eigenvalue weighted by Gasteiger charge is 2.31. The molecule has 0 radical (unpaired) electrons. The first-order valence-corrected chi connectivity index (χ1v) is 8.87. The summed E-state index contributed by atoms with van der Waals surface area (Å²) in [5.74, 6) is -0.303. The standard InChI is InChI=1S/C20H22F3N3O/c1-15(19(27)24-17-7-5-6-16(14-17)20(21,22)23)25-10-12-26(13-11-25)18-8-3-2-4-9-18/h2-9,14-15H,10-13H2,1H3,(H,24,27)/t15-/m0/s1. The first-order chi connectivity index (χ1) is 12.8. The Labute approximate surface area is 156 Å². The second-order valence-corrected chi connectivity index (χ2v) is 6.60. The van der Waals surface area contributed by atoms with E-state index in [1.165, 1.54) is 12.1 Å². The molecule has 7 heteroatoms. The lowest BCUT2D eigenvalue weighted by Gasteiger charge is -2.38. The lowest BCUT2D eigenvalue weighted by Crippen LogP contribution is -2.52. The predicted molar refractivity (Wildman–Crippen MR) is 99.8 cm³/mol. The third-order valence-corrected chi connectivity index (χ3v) is 4.82. The largest absolute Gasteiger partial charge is 0.416 e. The normalized spacial score (nSPS) is 16.8. The zero-order valence-corrected chi connectivity index (χ0v) is 15.0. The van der Waals surface area contributed by atoms with Gasteiger partial charge in [-0.05, 0) is 37.3 Å². The first-order valence-electron chi connectivity index (χ1n) is 8.87. The molecule has 3 rings (SSSR count). The molecule has 0 bridgehead atoms. The van der Waals surface area contributed by atoms with Crippen molar-refractivity contribution in [1.29, 1.82) is 0 Å². The van der Waals surface area contributed by atoms with Gasteiger partial charge in [0.1, 0.15) is 0 Å². The third-order valence-electron chi connectivity index (χ3n) is 4.82. The van der Waals surface area contributed by atoms with Crippen LogP contribution in [0.15, 0.2) is 54.6 Å². The van der Waals surface area contributed by atoms with Gasteiger partial charge in [-0.3, -0.25) is 9.69 Å². The van der Waals surface area contributed by atoms with Crippen LogP contribution >= 0.6 is 0 Å². The van der Waals surface area contributed by atoms with Crippen molar-refractivity contribution in [2.75, 3.05) is 36.4 Å². The molecule has 4 nitrogen and oxygen atoms in total. The van der Waals surface area contributed by atoms with E-state index < -0.39 is 17.8 Å². The molecule has 27 heavy (non-hydrogen) atoms. The van der Waals surface area contributed by atoms with Gasteiger partial charge in [0.2, 0.25) is 5.91 Å². The summed E-state index contributed by atoms with van der Waals surface area (Å²) < 4.78 is 38.4. The zero-order valence-electron chi connectivity index (χ0n) is 15.0. The quantitative estimate of drug-likeness (QED) is 0.879. The van der Waals surface area contributed by atoms with E-state index >= 15 is 0 Å². The van der Waals surface area contributed by atoms with Crippen molar-refractivity contribution in [3.8, 4) is 0 Å². The third kappa shape index (κ3) is 4.80. The molecule has 144 valence electrons. The number of alkyl halides is 3. The van der Waals surface area contributed by atoms with Crippen molar-refractivity contribution in [3.63, 3.8) is 0 Å². The van der Waals surface area contributed by atoms with Gasteiger partial charge in [0, 0.05) is 37.6 Å². The first kappa shape index (κ1) is 19.2. The Morgan fingerprint density at radius 3 is 2.30 bits per heavy atom. The van der Waals surface area contributed by atoms with Gasteiger partial charge in [-0.15, -0.1) is 0 Å². The highest BCUT2D eigenvalue weighted by molar-refractivity contribution is 5.94. The number of carbonyl (C=O) groups excluding carboxylic acids is 1. The highest BCUT2D eigenvalue weighted by Crippen LogP contribution is 2.30. The molecule has 1 N–H and O–H groups in total. The molecular weight excluding hydrogens is 355 g/mol. The maximum Gasteiger partial charge on any atom is 0.416 e. The number of anilines is 2. The molecule has 2 aromatic carbocycles. The average molecular weight is 377 g/mol. The summed E-state index contributed by atoms with van der Waals surface area (Å²) in [5.41, 5.74) is 0.534. The van der Waals surface area contributed by atoms with Crippen LogP contribution in [0.2, 0.25) is 0 Å². The molecule has 1 fully saturated rings. The number of halogens is 3. The molecule has 0 spiro atoms. The van der Waals surface area contributed by atoms with Crippen LogP contribution < -0.4 is 10.2 Å². The fourth-order valence-corrected chi connectivity index (χ4v) is 3.19. The number of benzene rings is 2.